The zero-order valence-electron chi connectivity index (χ0n) is 9.58. The average Bonchev–Trinajstić information content (AvgIpc) is 2.21. The smallest absolute Gasteiger partial charge is 0.337 e. The molecule has 1 fully saturated rings. The quantitative estimate of drug-likeness (QED) is 0.870. The van der Waals surface area contributed by atoms with Crippen LogP contribution in [0, 0.1) is 5.92 Å². The highest BCUT2D eigenvalue weighted by atomic mass is 79.9. The third-order valence-corrected chi connectivity index (χ3v) is 3.80. The summed E-state index contributed by atoms with van der Waals surface area (Å²) < 4.78 is 0.897. The molecule has 0 aliphatic heterocycles. The summed E-state index contributed by atoms with van der Waals surface area (Å²) in [5.74, 6) is -0.0495. The lowest BCUT2D eigenvalue weighted by Crippen LogP contribution is -2.16. The Morgan fingerprint density at radius 2 is 2.24 bits per heavy atom. The Bertz CT molecular complexity index is 416. The van der Waals surface area contributed by atoms with Gasteiger partial charge in [-0.05, 0) is 30.5 Å². The van der Waals surface area contributed by atoms with Crippen LogP contribution in [0.15, 0.2) is 22.7 Å². The van der Waals surface area contributed by atoms with Crippen LogP contribution in [-0.2, 0) is 0 Å². The van der Waals surface area contributed by atoms with E-state index in [4.69, 9.17) is 5.11 Å². The number of hydrogen-bond acceptors (Lipinski definition) is 2. The Balaban J connectivity index is 1.97. The van der Waals surface area contributed by atoms with E-state index in [1.54, 1.807) is 12.1 Å². The fraction of sp³-hybridized carbons (Fsp3) is 0.462. The number of carbonyl (C=O) groups is 1. The number of benzene rings is 1. The zero-order chi connectivity index (χ0) is 12.3. The van der Waals surface area contributed by atoms with Crippen LogP contribution in [0.1, 0.15) is 36.0 Å². The molecule has 0 aromatic heterocycles. The summed E-state index contributed by atoms with van der Waals surface area (Å²) in [6.45, 7) is 0.849. The van der Waals surface area contributed by atoms with Gasteiger partial charge in [-0.3, -0.25) is 0 Å². The summed E-state index contributed by atoms with van der Waals surface area (Å²) >= 11 is 3.36. The first-order valence-electron chi connectivity index (χ1n) is 5.93. The van der Waals surface area contributed by atoms with Crippen LogP contribution in [0.4, 0.5) is 5.69 Å². The maximum Gasteiger partial charge on any atom is 0.337 e. The van der Waals surface area contributed by atoms with Gasteiger partial charge in [0, 0.05) is 16.7 Å². The number of halogens is 1. The van der Waals surface area contributed by atoms with Crippen LogP contribution in [0.2, 0.25) is 0 Å². The van der Waals surface area contributed by atoms with Crippen LogP contribution in [-0.4, -0.2) is 17.6 Å². The third-order valence-electron chi connectivity index (χ3n) is 3.30. The second-order valence-electron chi connectivity index (χ2n) is 4.51. The molecule has 0 unspecified atom stereocenters. The van der Waals surface area contributed by atoms with Gasteiger partial charge in [0.05, 0.1) is 5.56 Å². The van der Waals surface area contributed by atoms with Gasteiger partial charge in [0.1, 0.15) is 0 Å². The molecule has 1 aromatic carbocycles. The number of aromatic carboxylic acids is 1. The van der Waals surface area contributed by atoms with E-state index in [1.165, 1.54) is 19.3 Å². The van der Waals surface area contributed by atoms with E-state index < -0.39 is 5.97 Å². The van der Waals surface area contributed by atoms with E-state index in [9.17, 15) is 4.79 Å². The van der Waals surface area contributed by atoms with Gasteiger partial charge in [-0.15, -0.1) is 0 Å². The molecule has 0 amide bonds. The minimum Gasteiger partial charge on any atom is -0.478 e. The first-order chi connectivity index (χ1) is 8.16. The van der Waals surface area contributed by atoms with Crippen molar-refractivity contribution in [1.82, 2.24) is 0 Å². The molecular weight excluding hydrogens is 282 g/mol. The molecule has 0 atom stereocenters. The van der Waals surface area contributed by atoms with Gasteiger partial charge in [-0.25, -0.2) is 4.79 Å². The van der Waals surface area contributed by atoms with Crippen LogP contribution in [0.3, 0.4) is 0 Å². The molecule has 1 saturated carbocycles. The largest absolute Gasteiger partial charge is 0.478 e. The highest BCUT2D eigenvalue weighted by molar-refractivity contribution is 9.10. The normalized spacial score (nSPS) is 15.4. The van der Waals surface area contributed by atoms with Crippen molar-refractivity contribution in [3.63, 3.8) is 0 Å². The van der Waals surface area contributed by atoms with Crippen molar-refractivity contribution in [2.75, 3.05) is 11.9 Å². The topological polar surface area (TPSA) is 49.3 Å². The zero-order valence-corrected chi connectivity index (χ0v) is 11.2. The van der Waals surface area contributed by atoms with Gasteiger partial charge in [-0.1, -0.05) is 35.2 Å². The van der Waals surface area contributed by atoms with E-state index in [0.717, 1.165) is 23.4 Å². The number of nitrogens with one attached hydrogen (secondary N) is 1. The second kappa shape index (κ2) is 5.54. The van der Waals surface area contributed by atoms with Gasteiger partial charge in [0.2, 0.25) is 0 Å². The summed E-state index contributed by atoms with van der Waals surface area (Å²) in [6, 6.07) is 5.20. The average molecular weight is 298 g/mol. The van der Waals surface area contributed by atoms with Crippen LogP contribution < -0.4 is 5.32 Å². The van der Waals surface area contributed by atoms with Crippen molar-refractivity contribution in [1.29, 1.82) is 0 Å². The number of anilines is 1. The molecule has 1 aliphatic rings. The number of carboxylic acids is 1. The van der Waals surface area contributed by atoms with Gasteiger partial charge in [0.15, 0.2) is 0 Å². The molecule has 2 N–H and O–H groups in total. The summed E-state index contributed by atoms with van der Waals surface area (Å²) in [5, 5.41) is 12.3. The Morgan fingerprint density at radius 3 is 2.82 bits per heavy atom. The molecule has 3 nitrogen and oxygen atoms in total. The first kappa shape index (κ1) is 12.4. The maximum atomic E-state index is 11.0. The second-order valence-corrected chi connectivity index (χ2v) is 5.42. The van der Waals surface area contributed by atoms with Crippen molar-refractivity contribution < 1.29 is 9.90 Å². The Labute approximate surface area is 109 Å². The van der Waals surface area contributed by atoms with Gasteiger partial charge >= 0.3 is 5.97 Å². The molecule has 1 aliphatic carbocycles. The van der Waals surface area contributed by atoms with E-state index in [2.05, 4.69) is 21.2 Å². The molecule has 4 heteroatoms. The first-order valence-corrected chi connectivity index (χ1v) is 6.73. The van der Waals surface area contributed by atoms with Crippen LogP contribution >= 0.6 is 15.9 Å². The predicted octanol–water partition coefficient (Wildman–Crippen LogP) is 3.75. The van der Waals surface area contributed by atoms with Gasteiger partial charge in [0.25, 0.3) is 0 Å². The fourth-order valence-electron chi connectivity index (χ4n) is 2.04. The van der Waals surface area contributed by atoms with Crippen molar-refractivity contribution in [3.05, 3.63) is 28.2 Å². The van der Waals surface area contributed by atoms with Gasteiger partial charge in [-0.2, -0.15) is 0 Å². The standard InChI is InChI=1S/C13H16BrNO2/c14-10-4-5-11(13(16)17)12(8-10)15-7-6-9-2-1-3-9/h4-5,8-9,15H,1-3,6-7H2,(H,16,17). The van der Waals surface area contributed by atoms with E-state index >= 15 is 0 Å². The van der Waals surface area contributed by atoms with E-state index in [1.807, 2.05) is 6.07 Å². The minimum absolute atomic E-state index is 0.335. The van der Waals surface area contributed by atoms with Crippen LogP contribution in [0.25, 0.3) is 0 Å². The molecule has 17 heavy (non-hydrogen) atoms. The molecule has 1 aromatic rings. The highest BCUT2D eigenvalue weighted by Crippen LogP contribution is 2.29. The van der Waals surface area contributed by atoms with Crippen molar-refractivity contribution in [2.45, 2.75) is 25.7 Å². The molecule has 0 spiro atoms. The van der Waals surface area contributed by atoms with Crippen molar-refractivity contribution >= 4 is 27.6 Å². The Morgan fingerprint density at radius 1 is 1.47 bits per heavy atom. The van der Waals surface area contributed by atoms with E-state index in [0.29, 0.717) is 11.3 Å². The Hall–Kier alpha value is -1.03. The molecular formula is C13H16BrNO2. The maximum absolute atomic E-state index is 11.0. The van der Waals surface area contributed by atoms with Crippen molar-refractivity contribution in [3.8, 4) is 0 Å². The molecule has 0 saturated heterocycles. The van der Waals surface area contributed by atoms with Gasteiger partial charge < -0.3 is 10.4 Å². The lowest BCUT2D eigenvalue weighted by Gasteiger charge is -2.25. The minimum atomic E-state index is -0.886. The monoisotopic (exact) mass is 297 g/mol. The SMILES string of the molecule is O=C(O)c1ccc(Br)cc1NCCC1CCC1. The van der Waals surface area contributed by atoms with Crippen LogP contribution in [0.5, 0.6) is 0 Å². The third kappa shape index (κ3) is 3.22. The number of carboxylic acid groups (broad SMARTS) is 1. The summed E-state index contributed by atoms with van der Waals surface area (Å²) in [6.07, 6.45) is 5.13. The molecule has 2 rings (SSSR count). The lowest BCUT2D eigenvalue weighted by atomic mass is 9.83. The summed E-state index contributed by atoms with van der Waals surface area (Å²) in [5.41, 5.74) is 1.04. The summed E-state index contributed by atoms with van der Waals surface area (Å²) in [7, 11) is 0. The van der Waals surface area contributed by atoms with E-state index in [-0.39, 0.29) is 0 Å². The number of hydrogen-bond donors (Lipinski definition) is 2. The van der Waals surface area contributed by atoms with Crippen molar-refractivity contribution in [2.24, 2.45) is 5.92 Å². The predicted molar refractivity (Wildman–Crippen MR) is 71.5 cm³/mol. The molecule has 0 heterocycles. The Kier molecular flexibility index (Phi) is 4.05. The lowest BCUT2D eigenvalue weighted by molar-refractivity contribution is 0.0698. The fourth-order valence-corrected chi connectivity index (χ4v) is 2.40. The molecule has 92 valence electrons. The summed E-state index contributed by atoms with van der Waals surface area (Å²) in [4.78, 5) is 11.0. The highest BCUT2D eigenvalue weighted by Gasteiger charge is 2.17. The molecule has 0 bridgehead atoms. The number of rotatable bonds is 5. The molecule has 0 radical (unpaired) electrons.